The molecule has 0 bridgehead atoms. The lowest BCUT2D eigenvalue weighted by Crippen LogP contribution is -2.40. The van der Waals surface area contributed by atoms with E-state index in [1.807, 2.05) is 0 Å². The second-order valence-corrected chi connectivity index (χ2v) is 6.14. The maximum atomic E-state index is 12.7. The summed E-state index contributed by atoms with van der Waals surface area (Å²) in [6, 6.07) is 4.97. The van der Waals surface area contributed by atoms with Crippen molar-refractivity contribution < 1.29 is 18.3 Å². The Morgan fingerprint density at radius 2 is 2.00 bits per heavy atom. The number of hydrogen-bond acceptors (Lipinski definition) is 2. The lowest BCUT2D eigenvalue weighted by Gasteiger charge is -2.36. The maximum absolute atomic E-state index is 12.7. The summed E-state index contributed by atoms with van der Waals surface area (Å²) in [4.78, 5) is 2.13. The molecule has 1 heterocycles. The van der Waals surface area contributed by atoms with E-state index < -0.39 is 17.8 Å². The Bertz CT molecular complexity index is 475. The molecule has 21 heavy (non-hydrogen) atoms. The van der Waals surface area contributed by atoms with Crippen LogP contribution in [-0.2, 0) is 6.18 Å². The smallest absolute Gasteiger partial charge is 0.387 e. The van der Waals surface area contributed by atoms with E-state index in [9.17, 15) is 18.3 Å². The van der Waals surface area contributed by atoms with Crippen molar-refractivity contribution in [2.45, 2.75) is 32.5 Å². The predicted octanol–water partition coefficient (Wildman–Crippen LogP) is 3.72. The molecule has 2 nitrogen and oxygen atoms in total. The highest BCUT2D eigenvalue weighted by Crippen LogP contribution is 2.31. The molecular weight excluding hydrogens is 279 g/mol. The first-order valence-electron chi connectivity index (χ1n) is 7.35. The average molecular weight is 301 g/mol. The number of aliphatic hydroxyl groups is 1. The lowest BCUT2D eigenvalue weighted by molar-refractivity contribution is -0.137. The third kappa shape index (κ3) is 4.20. The third-order valence-electron chi connectivity index (χ3n) is 4.45. The van der Waals surface area contributed by atoms with Crippen LogP contribution in [0.2, 0.25) is 0 Å². The number of alkyl halides is 3. The topological polar surface area (TPSA) is 23.5 Å². The second-order valence-electron chi connectivity index (χ2n) is 6.14. The van der Waals surface area contributed by atoms with E-state index in [-0.39, 0.29) is 0 Å². The van der Waals surface area contributed by atoms with Gasteiger partial charge in [0.25, 0.3) is 0 Å². The molecule has 2 rings (SSSR count). The molecule has 0 amide bonds. The van der Waals surface area contributed by atoms with Gasteiger partial charge in [-0.25, -0.2) is 0 Å². The molecule has 1 fully saturated rings. The van der Waals surface area contributed by atoms with Crippen molar-refractivity contribution in [3.8, 4) is 0 Å². The van der Waals surface area contributed by atoms with Crippen LogP contribution in [0, 0.1) is 11.8 Å². The quantitative estimate of drug-likeness (QED) is 0.920. The Kier molecular flexibility index (Phi) is 4.94. The second kappa shape index (κ2) is 6.36. The van der Waals surface area contributed by atoms with Gasteiger partial charge in [-0.3, -0.25) is 0 Å². The SMILES string of the molecule is CC1CCN(CC(O)c2cccc(C(F)(F)F)c2)CC1C. The Labute approximate surface area is 123 Å². The highest BCUT2D eigenvalue weighted by atomic mass is 19.4. The zero-order valence-electron chi connectivity index (χ0n) is 12.4. The van der Waals surface area contributed by atoms with Crippen LogP contribution in [0.4, 0.5) is 13.2 Å². The van der Waals surface area contributed by atoms with E-state index in [2.05, 4.69) is 18.7 Å². The minimum atomic E-state index is -4.37. The fraction of sp³-hybridized carbons (Fsp3) is 0.625. The van der Waals surface area contributed by atoms with Crippen LogP contribution in [0.1, 0.15) is 37.5 Å². The van der Waals surface area contributed by atoms with Gasteiger partial charge < -0.3 is 10.0 Å². The average Bonchev–Trinajstić information content (AvgIpc) is 2.42. The minimum Gasteiger partial charge on any atom is -0.387 e. The van der Waals surface area contributed by atoms with Crippen LogP contribution in [0.15, 0.2) is 24.3 Å². The van der Waals surface area contributed by atoms with Crippen molar-refractivity contribution in [1.29, 1.82) is 0 Å². The molecule has 118 valence electrons. The Hall–Kier alpha value is -1.07. The van der Waals surface area contributed by atoms with Gasteiger partial charge in [0.1, 0.15) is 0 Å². The fourth-order valence-electron chi connectivity index (χ4n) is 2.79. The monoisotopic (exact) mass is 301 g/mol. The molecular formula is C16H22F3NO. The van der Waals surface area contributed by atoms with Gasteiger partial charge in [-0.2, -0.15) is 13.2 Å². The summed E-state index contributed by atoms with van der Waals surface area (Å²) in [5, 5.41) is 10.2. The molecule has 3 unspecified atom stereocenters. The molecule has 0 aromatic heterocycles. The molecule has 1 aliphatic heterocycles. The number of benzene rings is 1. The van der Waals surface area contributed by atoms with Gasteiger partial charge in [-0.05, 0) is 42.5 Å². The summed E-state index contributed by atoms with van der Waals surface area (Å²) < 4.78 is 38.1. The van der Waals surface area contributed by atoms with E-state index in [1.54, 1.807) is 6.07 Å². The van der Waals surface area contributed by atoms with Gasteiger partial charge in [0.2, 0.25) is 0 Å². The number of likely N-dealkylation sites (tertiary alicyclic amines) is 1. The van der Waals surface area contributed by atoms with Crippen LogP contribution in [0.25, 0.3) is 0 Å². The van der Waals surface area contributed by atoms with E-state index in [1.165, 1.54) is 6.07 Å². The van der Waals surface area contributed by atoms with Crippen molar-refractivity contribution in [3.05, 3.63) is 35.4 Å². The molecule has 0 spiro atoms. The van der Waals surface area contributed by atoms with Crippen LogP contribution in [-0.4, -0.2) is 29.6 Å². The van der Waals surface area contributed by atoms with E-state index >= 15 is 0 Å². The minimum absolute atomic E-state index is 0.330. The Morgan fingerprint density at radius 1 is 1.29 bits per heavy atom. The Balaban J connectivity index is 2.02. The molecule has 0 saturated carbocycles. The summed E-state index contributed by atoms with van der Waals surface area (Å²) in [7, 11) is 0. The van der Waals surface area contributed by atoms with Crippen molar-refractivity contribution >= 4 is 0 Å². The number of nitrogens with zero attached hydrogens (tertiary/aromatic N) is 1. The molecule has 1 aromatic carbocycles. The van der Waals surface area contributed by atoms with Gasteiger partial charge in [0, 0.05) is 13.1 Å². The molecule has 3 atom stereocenters. The molecule has 1 saturated heterocycles. The number of aliphatic hydroxyl groups excluding tert-OH is 1. The first kappa shape index (κ1) is 16.3. The zero-order chi connectivity index (χ0) is 15.6. The molecule has 1 aromatic rings. The van der Waals surface area contributed by atoms with Gasteiger partial charge >= 0.3 is 6.18 Å². The first-order valence-corrected chi connectivity index (χ1v) is 7.35. The zero-order valence-corrected chi connectivity index (χ0v) is 12.4. The lowest BCUT2D eigenvalue weighted by atomic mass is 9.88. The summed E-state index contributed by atoms with van der Waals surface area (Å²) in [6.45, 7) is 6.55. The van der Waals surface area contributed by atoms with Crippen molar-refractivity contribution in [2.75, 3.05) is 19.6 Å². The predicted molar refractivity (Wildman–Crippen MR) is 75.8 cm³/mol. The summed E-state index contributed by atoms with van der Waals surface area (Å²) in [6.07, 6.45) is -4.19. The maximum Gasteiger partial charge on any atom is 0.416 e. The van der Waals surface area contributed by atoms with E-state index in [0.717, 1.165) is 31.6 Å². The van der Waals surface area contributed by atoms with Gasteiger partial charge in [-0.1, -0.05) is 26.0 Å². The largest absolute Gasteiger partial charge is 0.416 e. The Morgan fingerprint density at radius 3 is 2.62 bits per heavy atom. The van der Waals surface area contributed by atoms with E-state index in [4.69, 9.17) is 0 Å². The number of β-amino-alcohol motifs (C(OH)–C–C–N with tert-alkyl or cyclic N) is 1. The third-order valence-corrected chi connectivity index (χ3v) is 4.45. The van der Waals surface area contributed by atoms with Crippen LogP contribution < -0.4 is 0 Å². The molecule has 5 heteroatoms. The van der Waals surface area contributed by atoms with Crippen LogP contribution in [0.3, 0.4) is 0 Å². The van der Waals surface area contributed by atoms with Gasteiger partial charge in [0.05, 0.1) is 11.7 Å². The van der Waals surface area contributed by atoms with Crippen molar-refractivity contribution in [2.24, 2.45) is 11.8 Å². The van der Waals surface area contributed by atoms with E-state index in [0.29, 0.717) is 23.9 Å². The standard InChI is InChI=1S/C16H22F3NO/c1-11-6-7-20(9-12(11)2)10-15(21)13-4-3-5-14(8-13)16(17,18)19/h3-5,8,11-12,15,21H,6-7,9-10H2,1-2H3. The molecule has 0 aliphatic carbocycles. The molecule has 1 N–H and O–H groups in total. The highest BCUT2D eigenvalue weighted by molar-refractivity contribution is 5.27. The highest BCUT2D eigenvalue weighted by Gasteiger charge is 2.31. The van der Waals surface area contributed by atoms with Gasteiger partial charge in [0.15, 0.2) is 0 Å². The number of halogens is 3. The number of hydrogen-bond donors (Lipinski definition) is 1. The van der Waals surface area contributed by atoms with Crippen LogP contribution >= 0.6 is 0 Å². The van der Waals surface area contributed by atoms with Crippen LogP contribution in [0.5, 0.6) is 0 Å². The summed E-state index contributed by atoms with van der Waals surface area (Å²) in [5.41, 5.74) is -0.379. The molecule has 0 radical (unpaired) electrons. The first-order chi connectivity index (χ1) is 9.77. The number of piperidine rings is 1. The van der Waals surface area contributed by atoms with Crippen molar-refractivity contribution in [3.63, 3.8) is 0 Å². The normalized spacial score (nSPS) is 25.8. The summed E-state index contributed by atoms with van der Waals surface area (Å²) >= 11 is 0. The van der Waals surface area contributed by atoms with Crippen molar-refractivity contribution in [1.82, 2.24) is 4.90 Å². The summed E-state index contributed by atoms with van der Waals surface area (Å²) in [5.74, 6) is 1.21. The van der Waals surface area contributed by atoms with Gasteiger partial charge in [-0.15, -0.1) is 0 Å². The molecule has 1 aliphatic rings. The number of rotatable bonds is 3. The fourth-order valence-corrected chi connectivity index (χ4v) is 2.79.